The molecule has 0 spiro atoms. The van der Waals surface area contributed by atoms with Gasteiger partial charge >= 0.3 is 6.03 Å². The van der Waals surface area contributed by atoms with E-state index < -0.39 is 0 Å². The normalized spacial score (nSPS) is 23.5. The van der Waals surface area contributed by atoms with Gasteiger partial charge in [0, 0.05) is 23.3 Å². The molecule has 0 saturated heterocycles. The van der Waals surface area contributed by atoms with Crippen molar-refractivity contribution >= 4 is 6.03 Å². The number of aromatic amines is 1. The number of likely N-dealkylation sites (N-methyl/N-ethyl adjacent to an activating group) is 1. The van der Waals surface area contributed by atoms with E-state index in [4.69, 9.17) is 0 Å². The van der Waals surface area contributed by atoms with Crippen molar-refractivity contribution in [1.29, 1.82) is 0 Å². The summed E-state index contributed by atoms with van der Waals surface area (Å²) >= 11 is 0. The molecule has 1 aromatic heterocycles. The highest BCUT2D eigenvalue weighted by atomic mass is 16.2. The number of carbonyl (C=O) groups excluding carboxylic acids is 1. The molecule has 2 atom stereocenters. The van der Waals surface area contributed by atoms with E-state index in [9.17, 15) is 9.59 Å². The van der Waals surface area contributed by atoms with Crippen LogP contribution in [0.1, 0.15) is 49.4 Å². The predicted octanol–water partition coefficient (Wildman–Crippen LogP) is 2.30. The Labute approximate surface area is 150 Å². The van der Waals surface area contributed by atoms with E-state index in [1.807, 2.05) is 19.9 Å². The summed E-state index contributed by atoms with van der Waals surface area (Å²) in [5, 5.41) is 5.83. The zero-order valence-electron chi connectivity index (χ0n) is 16.2. The minimum Gasteiger partial charge on any atom is -0.336 e. The lowest BCUT2D eigenvalue weighted by molar-refractivity contribution is 0.0773. The number of pyridine rings is 1. The van der Waals surface area contributed by atoms with Crippen LogP contribution in [-0.4, -0.2) is 42.1 Å². The van der Waals surface area contributed by atoms with E-state index in [0.29, 0.717) is 18.0 Å². The third-order valence-electron chi connectivity index (χ3n) is 5.51. The lowest BCUT2D eigenvalue weighted by Gasteiger charge is -2.45. The van der Waals surface area contributed by atoms with Crippen LogP contribution in [0.15, 0.2) is 10.9 Å². The van der Waals surface area contributed by atoms with Gasteiger partial charge < -0.3 is 20.5 Å². The van der Waals surface area contributed by atoms with E-state index in [0.717, 1.165) is 24.1 Å². The first-order valence-corrected chi connectivity index (χ1v) is 9.12. The quantitative estimate of drug-likeness (QED) is 0.764. The Bertz CT molecular complexity index is 668. The van der Waals surface area contributed by atoms with Crippen LogP contribution < -0.4 is 16.2 Å². The van der Waals surface area contributed by atoms with E-state index in [-0.39, 0.29) is 23.7 Å². The topological polar surface area (TPSA) is 77.2 Å². The first-order chi connectivity index (χ1) is 11.7. The van der Waals surface area contributed by atoms with Crippen LogP contribution in [0.4, 0.5) is 4.79 Å². The number of amides is 2. The maximum absolute atomic E-state index is 12.2. The van der Waals surface area contributed by atoms with E-state index >= 15 is 0 Å². The summed E-state index contributed by atoms with van der Waals surface area (Å²) in [7, 11) is 4.18. The van der Waals surface area contributed by atoms with E-state index in [2.05, 4.69) is 41.5 Å². The van der Waals surface area contributed by atoms with Crippen LogP contribution in [0.2, 0.25) is 0 Å². The summed E-state index contributed by atoms with van der Waals surface area (Å²) < 4.78 is 0. The molecule has 2 amide bonds. The van der Waals surface area contributed by atoms with Crippen molar-refractivity contribution in [3.05, 3.63) is 33.2 Å². The van der Waals surface area contributed by atoms with Crippen molar-refractivity contribution in [2.75, 3.05) is 20.6 Å². The molecule has 1 saturated carbocycles. The molecule has 0 aromatic carbocycles. The van der Waals surface area contributed by atoms with Gasteiger partial charge in [0.1, 0.15) is 0 Å². The summed E-state index contributed by atoms with van der Waals surface area (Å²) in [6.45, 7) is 6.88. The molecule has 2 unspecified atom stereocenters. The molecular weight excluding hydrogens is 316 g/mol. The number of carbonyl (C=O) groups is 1. The van der Waals surface area contributed by atoms with Crippen LogP contribution in [0, 0.1) is 19.8 Å². The van der Waals surface area contributed by atoms with Gasteiger partial charge in [0.25, 0.3) is 5.56 Å². The summed E-state index contributed by atoms with van der Waals surface area (Å²) in [4.78, 5) is 29.3. The van der Waals surface area contributed by atoms with Crippen LogP contribution >= 0.6 is 0 Å². The Morgan fingerprint density at radius 1 is 1.36 bits per heavy atom. The molecule has 1 aromatic rings. The predicted molar refractivity (Wildman–Crippen MR) is 101 cm³/mol. The fourth-order valence-electron chi connectivity index (χ4n) is 3.93. The molecule has 140 valence electrons. The van der Waals surface area contributed by atoms with Gasteiger partial charge in [-0.3, -0.25) is 4.79 Å². The number of nitrogens with zero attached hydrogens (tertiary/aromatic N) is 1. The van der Waals surface area contributed by atoms with Crippen molar-refractivity contribution < 1.29 is 4.79 Å². The first kappa shape index (κ1) is 19.5. The number of H-pyrrole nitrogens is 1. The summed E-state index contributed by atoms with van der Waals surface area (Å²) in [5.41, 5.74) is 2.21. The second-order valence-corrected chi connectivity index (χ2v) is 7.80. The van der Waals surface area contributed by atoms with Crippen molar-refractivity contribution in [3.8, 4) is 0 Å². The molecule has 1 aliphatic rings. The molecule has 3 N–H and O–H groups in total. The maximum Gasteiger partial charge on any atom is 0.315 e. The third-order valence-corrected chi connectivity index (χ3v) is 5.51. The Kier molecular flexibility index (Phi) is 6.27. The van der Waals surface area contributed by atoms with Gasteiger partial charge in [-0.25, -0.2) is 4.79 Å². The fourth-order valence-corrected chi connectivity index (χ4v) is 3.93. The zero-order valence-corrected chi connectivity index (χ0v) is 16.2. The minimum absolute atomic E-state index is 0.0201. The number of nitrogens with one attached hydrogen (secondary N) is 3. The lowest BCUT2D eigenvalue weighted by atomic mass is 9.75. The van der Waals surface area contributed by atoms with Crippen molar-refractivity contribution in [3.63, 3.8) is 0 Å². The van der Waals surface area contributed by atoms with Crippen LogP contribution in [0.3, 0.4) is 0 Å². The van der Waals surface area contributed by atoms with E-state index in [1.54, 1.807) is 0 Å². The summed E-state index contributed by atoms with van der Waals surface area (Å²) in [5.74, 6) is 0.676. The van der Waals surface area contributed by atoms with Crippen molar-refractivity contribution in [2.45, 2.75) is 58.5 Å². The Balaban J connectivity index is 1.93. The number of aromatic nitrogens is 1. The highest BCUT2D eigenvalue weighted by Crippen LogP contribution is 2.35. The van der Waals surface area contributed by atoms with Gasteiger partial charge in [-0.1, -0.05) is 19.8 Å². The second-order valence-electron chi connectivity index (χ2n) is 7.80. The number of hydrogen-bond donors (Lipinski definition) is 3. The number of aryl methyl sites for hydroxylation is 2. The largest absolute Gasteiger partial charge is 0.336 e. The summed E-state index contributed by atoms with van der Waals surface area (Å²) in [6.07, 6.45) is 4.65. The average Bonchev–Trinajstić information content (AvgIpc) is 2.51. The average molecular weight is 348 g/mol. The van der Waals surface area contributed by atoms with Crippen LogP contribution in [-0.2, 0) is 6.54 Å². The number of rotatable bonds is 5. The molecule has 1 aliphatic carbocycles. The molecular formula is C19H32N4O2. The maximum atomic E-state index is 12.2. The van der Waals surface area contributed by atoms with Gasteiger partial charge in [0.2, 0.25) is 0 Å². The third kappa shape index (κ3) is 4.84. The van der Waals surface area contributed by atoms with Crippen molar-refractivity contribution in [1.82, 2.24) is 20.5 Å². The minimum atomic E-state index is -0.223. The monoisotopic (exact) mass is 348 g/mol. The number of hydrogen-bond acceptors (Lipinski definition) is 3. The SMILES string of the molecule is Cc1cc(C)c(CNC(=O)NCC2(N(C)C)CCCC(C)C2)c(=O)[nH]1. The highest BCUT2D eigenvalue weighted by molar-refractivity contribution is 5.74. The van der Waals surface area contributed by atoms with Crippen molar-refractivity contribution in [2.24, 2.45) is 5.92 Å². The van der Waals surface area contributed by atoms with Crippen LogP contribution in [0.5, 0.6) is 0 Å². The summed E-state index contributed by atoms with van der Waals surface area (Å²) in [6, 6.07) is 1.69. The lowest BCUT2D eigenvalue weighted by Crippen LogP contribution is -2.56. The smallest absolute Gasteiger partial charge is 0.315 e. The molecule has 6 heteroatoms. The van der Waals surface area contributed by atoms with Gasteiger partial charge in [0.15, 0.2) is 0 Å². The van der Waals surface area contributed by atoms with Gasteiger partial charge in [0.05, 0.1) is 6.54 Å². The fraction of sp³-hybridized carbons (Fsp3) is 0.684. The van der Waals surface area contributed by atoms with Gasteiger partial charge in [-0.2, -0.15) is 0 Å². The molecule has 0 bridgehead atoms. The Morgan fingerprint density at radius 3 is 2.68 bits per heavy atom. The number of urea groups is 1. The second kappa shape index (κ2) is 8.04. The molecule has 0 aliphatic heterocycles. The molecule has 1 fully saturated rings. The van der Waals surface area contributed by atoms with Gasteiger partial charge in [-0.15, -0.1) is 0 Å². The van der Waals surface area contributed by atoms with Crippen LogP contribution in [0.25, 0.3) is 0 Å². The first-order valence-electron chi connectivity index (χ1n) is 9.12. The zero-order chi connectivity index (χ0) is 18.6. The van der Waals surface area contributed by atoms with E-state index in [1.165, 1.54) is 12.8 Å². The molecule has 2 rings (SSSR count). The molecule has 6 nitrogen and oxygen atoms in total. The Morgan fingerprint density at radius 2 is 2.08 bits per heavy atom. The highest BCUT2D eigenvalue weighted by Gasteiger charge is 2.37. The standard InChI is InChI=1S/C19H32N4O2/c1-13-7-6-8-19(10-13,23(4)5)12-21-18(25)20-11-16-14(2)9-15(3)22-17(16)24/h9,13H,6-8,10-12H2,1-5H3,(H,22,24)(H2,20,21,25). The molecule has 1 heterocycles. The Hall–Kier alpha value is -1.82. The van der Waals surface area contributed by atoms with Gasteiger partial charge in [-0.05, 0) is 58.3 Å². The molecule has 0 radical (unpaired) electrons. The molecule has 25 heavy (non-hydrogen) atoms.